The zero-order valence-electron chi connectivity index (χ0n) is 8.28. The highest BCUT2D eigenvalue weighted by molar-refractivity contribution is 7.10. The van der Waals surface area contributed by atoms with Crippen LogP contribution in [0.3, 0.4) is 0 Å². The van der Waals surface area contributed by atoms with Gasteiger partial charge in [-0.3, -0.25) is 0 Å². The highest BCUT2D eigenvalue weighted by atomic mass is 32.1. The molecule has 1 aliphatic carbocycles. The van der Waals surface area contributed by atoms with Crippen LogP contribution in [0, 0.1) is 5.92 Å². The molecule has 0 amide bonds. The van der Waals surface area contributed by atoms with E-state index in [0.717, 1.165) is 6.42 Å². The monoisotopic (exact) mass is 211 g/mol. The van der Waals surface area contributed by atoms with E-state index in [9.17, 15) is 0 Å². The van der Waals surface area contributed by atoms with Crippen LogP contribution < -0.4 is 5.73 Å². The molecule has 1 aromatic heterocycles. The summed E-state index contributed by atoms with van der Waals surface area (Å²) < 4.78 is 0. The number of hydrogen-bond donors (Lipinski definition) is 2. The Labute approximate surface area is 88.8 Å². The summed E-state index contributed by atoms with van der Waals surface area (Å²) in [7, 11) is 0. The van der Waals surface area contributed by atoms with Crippen LogP contribution in [0.4, 0.5) is 0 Å². The molecule has 14 heavy (non-hydrogen) atoms. The first-order chi connectivity index (χ1) is 6.83. The summed E-state index contributed by atoms with van der Waals surface area (Å²) in [5.74, 6) is 0.707. The molecule has 1 saturated carbocycles. The molecule has 0 spiro atoms. The van der Waals surface area contributed by atoms with E-state index in [1.165, 1.54) is 17.7 Å². The van der Waals surface area contributed by atoms with Crippen LogP contribution in [0.15, 0.2) is 17.5 Å². The van der Waals surface area contributed by atoms with E-state index in [2.05, 4.69) is 17.5 Å². The van der Waals surface area contributed by atoms with E-state index in [1.54, 1.807) is 11.3 Å². The zero-order chi connectivity index (χ0) is 10.0. The summed E-state index contributed by atoms with van der Waals surface area (Å²) in [5, 5.41) is 11.3. The molecule has 1 aliphatic rings. The molecule has 0 radical (unpaired) electrons. The lowest BCUT2D eigenvalue weighted by Crippen LogP contribution is -2.37. The molecule has 1 aromatic rings. The van der Waals surface area contributed by atoms with Crippen LogP contribution in [-0.2, 0) is 5.41 Å². The van der Waals surface area contributed by atoms with Gasteiger partial charge in [-0.25, -0.2) is 0 Å². The molecule has 0 aliphatic heterocycles. The number of rotatable bonds is 5. The van der Waals surface area contributed by atoms with Crippen LogP contribution in [0.1, 0.15) is 24.1 Å². The topological polar surface area (TPSA) is 46.2 Å². The minimum atomic E-state index is 0.0723. The van der Waals surface area contributed by atoms with E-state index < -0.39 is 0 Å². The van der Waals surface area contributed by atoms with Crippen molar-refractivity contribution in [3.8, 4) is 0 Å². The van der Waals surface area contributed by atoms with Crippen molar-refractivity contribution < 1.29 is 5.11 Å². The fourth-order valence-corrected chi connectivity index (χ4v) is 3.34. The lowest BCUT2D eigenvalue weighted by molar-refractivity contribution is 0.225. The van der Waals surface area contributed by atoms with Gasteiger partial charge in [0.25, 0.3) is 0 Å². The van der Waals surface area contributed by atoms with Crippen molar-refractivity contribution in [2.75, 3.05) is 13.2 Å². The molecule has 3 N–H and O–H groups in total. The zero-order valence-corrected chi connectivity index (χ0v) is 9.09. The first kappa shape index (κ1) is 10.1. The van der Waals surface area contributed by atoms with Crippen LogP contribution in [0.2, 0.25) is 0 Å². The smallest absolute Gasteiger partial charge is 0.0440 e. The third-order valence-electron chi connectivity index (χ3n) is 3.29. The SMILES string of the molecule is NCC(CCO)(c1cccs1)C1CC1. The molecular weight excluding hydrogens is 194 g/mol. The molecule has 2 rings (SSSR count). The Hall–Kier alpha value is -0.380. The Kier molecular flexibility index (Phi) is 2.91. The van der Waals surface area contributed by atoms with Crippen molar-refractivity contribution in [3.63, 3.8) is 0 Å². The standard InChI is InChI=1S/C11H17NOS/c12-8-11(5-6-13,9-3-4-9)10-2-1-7-14-10/h1-2,7,9,13H,3-6,8,12H2. The van der Waals surface area contributed by atoms with Crippen molar-refractivity contribution in [1.29, 1.82) is 0 Å². The average Bonchev–Trinajstić information content (AvgIpc) is 2.91. The summed E-state index contributed by atoms with van der Waals surface area (Å²) in [6.45, 7) is 0.907. The molecular formula is C11H17NOS. The largest absolute Gasteiger partial charge is 0.396 e. The Morgan fingerprint density at radius 3 is 2.79 bits per heavy atom. The Balaban J connectivity index is 2.27. The minimum Gasteiger partial charge on any atom is -0.396 e. The lowest BCUT2D eigenvalue weighted by atomic mass is 9.78. The molecule has 78 valence electrons. The number of thiophene rings is 1. The molecule has 2 nitrogen and oxygen atoms in total. The second-order valence-electron chi connectivity index (χ2n) is 4.09. The maximum absolute atomic E-state index is 9.16. The van der Waals surface area contributed by atoms with Gasteiger partial charge in [-0.1, -0.05) is 6.07 Å². The fraction of sp³-hybridized carbons (Fsp3) is 0.636. The van der Waals surface area contributed by atoms with Gasteiger partial charge in [0, 0.05) is 23.4 Å². The van der Waals surface area contributed by atoms with Crippen molar-refractivity contribution in [1.82, 2.24) is 0 Å². The second-order valence-corrected chi connectivity index (χ2v) is 5.03. The Bertz CT molecular complexity index is 281. The summed E-state index contributed by atoms with van der Waals surface area (Å²) in [6.07, 6.45) is 3.36. The molecule has 0 saturated heterocycles. The van der Waals surface area contributed by atoms with E-state index in [4.69, 9.17) is 10.8 Å². The van der Waals surface area contributed by atoms with E-state index >= 15 is 0 Å². The van der Waals surface area contributed by atoms with Crippen molar-refractivity contribution in [2.45, 2.75) is 24.7 Å². The molecule has 1 unspecified atom stereocenters. The van der Waals surface area contributed by atoms with Gasteiger partial charge < -0.3 is 10.8 Å². The molecule has 3 heteroatoms. The quantitative estimate of drug-likeness (QED) is 0.779. The van der Waals surface area contributed by atoms with Gasteiger partial charge in [-0.05, 0) is 36.6 Å². The van der Waals surface area contributed by atoms with Crippen molar-refractivity contribution in [2.24, 2.45) is 11.7 Å². The summed E-state index contributed by atoms with van der Waals surface area (Å²) in [4.78, 5) is 1.36. The van der Waals surface area contributed by atoms with E-state index in [0.29, 0.717) is 12.5 Å². The average molecular weight is 211 g/mol. The molecule has 1 heterocycles. The normalized spacial score (nSPS) is 20.7. The first-order valence-corrected chi connectivity index (χ1v) is 6.06. The highest BCUT2D eigenvalue weighted by Gasteiger charge is 2.45. The van der Waals surface area contributed by atoms with Crippen LogP contribution in [-0.4, -0.2) is 18.3 Å². The predicted molar refractivity (Wildman–Crippen MR) is 59.5 cm³/mol. The van der Waals surface area contributed by atoms with Gasteiger partial charge in [0.15, 0.2) is 0 Å². The van der Waals surface area contributed by atoms with Crippen LogP contribution in [0.25, 0.3) is 0 Å². The third kappa shape index (κ3) is 1.60. The predicted octanol–water partition coefficient (Wildman–Crippen LogP) is 1.74. The molecule has 0 aromatic carbocycles. The fourth-order valence-electron chi connectivity index (χ4n) is 2.30. The Morgan fingerprint density at radius 1 is 1.57 bits per heavy atom. The lowest BCUT2D eigenvalue weighted by Gasteiger charge is -2.31. The van der Waals surface area contributed by atoms with Gasteiger partial charge in [-0.2, -0.15) is 0 Å². The molecule has 0 bridgehead atoms. The van der Waals surface area contributed by atoms with Gasteiger partial charge >= 0.3 is 0 Å². The number of hydrogen-bond acceptors (Lipinski definition) is 3. The highest BCUT2D eigenvalue weighted by Crippen LogP contribution is 2.50. The number of aliphatic hydroxyl groups excluding tert-OH is 1. The molecule has 1 fully saturated rings. The summed E-state index contributed by atoms with van der Waals surface area (Å²) in [6, 6.07) is 4.23. The van der Waals surface area contributed by atoms with Gasteiger partial charge in [0.1, 0.15) is 0 Å². The van der Waals surface area contributed by atoms with Crippen LogP contribution in [0.5, 0.6) is 0 Å². The third-order valence-corrected chi connectivity index (χ3v) is 4.38. The van der Waals surface area contributed by atoms with Crippen molar-refractivity contribution >= 4 is 11.3 Å². The maximum Gasteiger partial charge on any atom is 0.0440 e. The van der Waals surface area contributed by atoms with Gasteiger partial charge in [0.2, 0.25) is 0 Å². The molecule has 1 atom stereocenters. The minimum absolute atomic E-state index is 0.0723. The maximum atomic E-state index is 9.16. The summed E-state index contributed by atoms with van der Waals surface area (Å²) in [5.41, 5.74) is 5.99. The van der Waals surface area contributed by atoms with Gasteiger partial charge in [-0.15, -0.1) is 11.3 Å². The van der Waals surface area contributed by atoms with E-state index in [-0.39, 0.29) is 12.0 Å². The summed E-state index contributed by atoms with van der Waals surface area (Å²) >= 11 is 1.77. The first-order valence-electron chi connectivity index (χ1n) is 5.18. The number of aliphatic hydroxyl groups is 1. The number of nitrogens with two attached hydrogens (primary N) is 1. The van der Waals surface area contributed by atoms with Crippen molar-refractivity contribution in [3.05, 3.63) is 22.4 Å². The van der Waals surface area contributed by atoms with Gasteiger partial charge in [0.05, 0.1) is 0 Å². The second kappa shape index (κ2) is 4.01. The Morgan fingerprint density at radius 2 is 2.36 bits per heavy atom. The van der Waals surface area contributed by atoms with Crippen LogP contribution >= 0.6 is 11.3 Å². The van der Waals surface area contributed by atoms with E-state index in [1.807, 2.05) is 0 Å².